The molecule has 1 N–H and O–H groups in total. The lowest BCUT2D eigenvalue weighted by Crippen LogP contribution is -2.53. The highest BCUT2D eigenvalue weighted by atomic mass is 35.5. The van der Waals surface area contributed by atoms with Gasteiger partial charge in [-0.3, -0.25) is 4.79 Å². The van der Waals surface area contributed by atoms with Crippen LogP contribution in [0.4, 0.5) is 4.79 Å². The molecule has 1 aromatic rings. The summed E-state index contributed by atoms with van der Waals surface area (Å²) >= 11 is 5.62. The summed E-state index contributed by atoms with van der Waals surface area (Å²) in [5, 5.41) is 11.3. The van der Waals surface area contributed by atoms with E-state index in [1.54, 1.807) is 0 Å². The Morgan fingerprint density at radius 3 is 2.64 bits per heavy atom. The maximum Gasteiger partial charge on any atom is 0.432 e. The number of aryl methyl sites for hydroxylation is 1. The molecule has 3 atom stereocenters. The van der Waals surface area contributed by atoms with E-state index in [1.807, 2.05) is 18.2 Å². The Labute approximate surface area is 170 Å². The minimum atomic E-state index is -1.02. The number of carbonyl (C=O) groups is 2. The van der Waals surface area contributed by atoms with Crippen LogP contribution in [0.3, 0.4) is 0 Å². The second-order valence-corrected chi connectivity index (χ2v) is 8.25. The van der Waals surface area contributed by atoms with Crippen LogP contribution in [0.15, 0.2) is 30.3 Å². The van der Waals surface area contributed by atoms with Crippen LogP contribution in [0.25, 0.3) is 0 Å². The van der Waals surface area contributed by atoms with E-state index >= 15 is 0 Å². The van der Waals surface area contributed by atoms with Gasteiger partial charge in [-0.1, -0.05) is 43.2 Å². The van der Waals surface area contributed by atoms with Crippen molar-refractivity contribution in [2.45, 2.75) is 75.6 Å². The van der Waals surface area contributed by atoms with Crippen molar-refractivity contribution in [3.63, 3.8) is 0 Å². The number of imide groups is 1. The Bertz CT molecular complexity index is 693. The topological polar surface area (TPSA) is 79.4 Å². The number of epoxide rings is 1. The van der Waals surface area contributed by atoms with Gasteiger partial charge in [-0.05, 0) is 37.7 Å². The summed E-state index contributed by atoms with van der Waals surface area (Å²) in [6, 6.07) is 10.4. The molecule has 0 bridgehead atoms. The van der Waals surface area contributed by atoms with Gasteiger partial charge in [0.05, 0.1) is 12.2 Å². The van der Waals surface area contributed by atoms with Crippen molar-refractivity contribution >= 4 is 23.8 Å². The van der Waals surface area contributed by atoms with Crippen molar-refractivity contribution in [3.8, 4) is 0 Å². The first-order valence-electron chi connectivity index (χ1n) is 9.93. The van der Waals surface area contributed by atoms with Crippen molar-refractivity contribution in [1.29, 1.82) is 0 Å². The van der Waals surface area contributed by atoms with E-state index in [-0.39, 0.29) is 0 Å². The third kappa shape index (κ3) is 4.85. The lowest BCUT2D eigenvalue weighted by Gasteiger charge is -2.41. The van der Waals surface area contributed by atoms with Gasteiger partial charge in [0.15, 0.2) is 0 Å². The summed E-state index contributed by atoms with van der Waals surface area (Å²) in [7, 11) is 0. The number of unbranched alkanes of at least 4 members (excludes halogenated alkanes) is 2. The molecule has 2 amide bonds. The Kier molecular flexibility index (Phi) is 6.63. The molecule has 1 aliphatic carbocycles. The van der Waals surface area contributed by atoms with Gasteiger partial charge in [0.1, 0.15) is 11.7 Å². The Balaban J connectivity index is 1.48. The van der Waals surface area contributed by atoms with Crippen molar-refractivity contribution < 1.29 is 24.2 Å². The van der Waals surface area contributed by atoms with Crippen LogP contribution in [0.5, 0.6) is 0 Å². The summed E-state index contributed by atoms with van der Waals surface area (Å²) in [4.78, 5) is 23.1. The second-order valence-electron chi connectivity index (χ2n) is 7.91. The number of nitrogens with zero attached hydrogens (tertiary/aromatic N) is 1. The molecule has 7 heteroatoms. The van der Waals surface area contributed by atoms with Gasteiger partial charge in [0.25, 0.3) is 0 Å². The largest absolute Gasteiger partial charge is 0.445 e. The maximum absolute atomic E-state index is 11.9. The first-order chi connectivity index (χ1) is 13.4. The number of halogens is 1. The van der Waals surface area contributed by atoms with E-state index in [2.05, 4.69) is 12.1 Å². The third-order valence-electron chi connectivity index (χ3n) is 5.88. The van der Waals surface area contributed by atoms with Crippen LogP contribution < -0.4 is 0 Å². The van der Waals surface area contributed by atoms with Crippen molar-refractivity contribution in [3.05, 3.63) is 35.9 Å². The van der Waals surface area contributed by atoms with Gasteiger partial charge >= 0.3 is 6.09 Å². The van der Waals surface area contributed by atoms with Crippen LogP contribution >= 0.6 is 11.8 Å². The molecule has 1 aromatic carbocycles. The fraction of sp³-hybridized carbons (Fsp3) is 0.619. The Morgan fingerprint density at radius 2 is 2.00 bits per heavy atom. The maximum atomic E-state index is 11.9. The highest BCUT2D eigenvalue weighted by molar-refractivity contribution is 6.28. The molecule has 1 saturated heterocycles. The van der Waals surface area contributed by atoms with Gasteiger partial charge in [-0.25, -0.2) is 4.79 Å². The molecule has 0 radical (unpaired) electrons. The minimum absolute atomic E-state index is 0.306. The Hall–Kier alpha value is -1.63. The summed E-state index contributed by atoms with van der Waals surface area (Å²) in [6.07, 6.45) is 4.74. The fourth-order valence-electron chi connectivity index (χ4n) is 4.11. The highest BCUT2D eigenvalue weighted by Gasteiger charge is 2.63. The molecule has 2 fully saturated rings. The predicted octanol–water partition coefficient (Wildman–Crippen LogP) is 3.98. The van der Waals surface area contributed by atoms with Crippen LogP contribution in [0.1, 0.15) is 57.4 Å². The first kappa shape index (κ1) is 21.1. The standard InChI is InChI=1S/C21H28ClNO5/c1-16(24)23(22)19(25)28-18-11-13-21(15-27-21)20(26,14-18)12-7-3-6-10-17-8-4-2-5-9-17/h2,4-5,8-9,18,26H,3,6-7,10-15H2,1H3/t18-,20+,21-/m0/s1. The highest BCUT2D eigenvalue weighted by Crippen LogP contribution is 2.51. The second kappa shape index (κ2) is 8.80. The molecule has 0 aromatic heterocycles. The third-order valence-corrected chi connectivity index (χ3v) is 6.26. The molecule has 6 nitrogen and oxygen atoms in total. The summed E-state index contributed by atoms with van der Waals surface area (Å²) < 4.78 is 11.4. The van der Waals surface area contributed by atoms with Crippen LogP contribution in [0, 0.1) is 0 Å². The first-order valence-corrected chi connectivity index (χ1v) is 10.3. The molecule has 1 saturated carbocycles. The van der Waals surface area contributed by atoms with Gasteiger partial charge in [-0.15, -0.1) is 0 Å². The van der Waals surface area contributed by atoms with Gasteiger partial charge in [0.2, 0.25) is 5.91 Å². The van der Waals surface area contributed by atoms with E-state index < -0.39 is 29.3 Å². The van der Waals surface area contributed by atoms with Gasteiger partial charge in [0, 0.05) is 25.1 Å². The van der Waals surface area contributed by atoms with Crippen molar-refractivity contribution in [1.82, 2.24) is 4.42 Å². The summed E-state index contributed by atoms with van der Waals surface area (Å²) in [5.41, 5.74) is -0.198. The smallest absolute Gasteiger partial charge is 0.432 e. The molecule has 2 aliphatic rings. The molecular weight excluding hydrogens is 382 g/mol. The average molecular weight is 410 g/mol. The van der Waals surface area contributed by atoms with Crippen LogP contribution in [-0.2, 0) is 20.7 Å². The molecule has 1 spiro atoms. The molecule has 28 heavy (non-hydrogen) atoms. The quantitative estimate of drug-likeness (QED) is 0.418. The van der Waals surface area contributed by atoms with Crippen molar-refractivity contribution in [2.24, 2.45) is 0 Å². The van der Waals surface area contributed by atoms with Crippen molar-refractivity contribution in [2.75, 3.05) is 6.61 Å². The zero-order valence-electron chi connectivity index (χ0n) is 16.2. The van der Waals surface area contributed by atoms with Gasteiger partial charge < -0.3 is 14.6 Å². The summed E-state index contributed by atoms with van der Waals surface area (Å²) in [5.74, 6) is -0.599. The molecule has 3 rings (SSSR count). The molecule has 0 unspecified atom stereocenters. The summed E-state index contributed by atoms with van der Waals surface area (Å²) in [6.45, 7) is 1.73. The number of hydrogen-bond donors (Lipinski definition) is 1. The zero-order valence-corrected chi connectivity index (χ0v) is 17.0. The SMILES string of the molecule is CC(=O)N(Cl)C(=O)O[C@H]1CC[C@]2(CO2)[C@@](O)(CCCCCc2ccccc2)C1. The number of carbonyl (C=O) groups excluding carboxylic acids is 2. The lowest BCUT2D eigenvalue weighted by atomic mass is 9.71. The van der Waals surface area contributed by atoms with Crippen LogP contribution in [-0.4, -0.2) is 45.4 Å². The number of rotatable bonds is 7. The number of aliphatic hydroxyl groups is 1. The number of benzene rings is 1. The van der Waals surface area contributed by atoms with E-state index in [0.29, 0.717) is 36.7 Å². The minimum Gasteiger partial charge on any atom is -0.445 e. The zero-order chi connectivity index (χ0) is 20.2. The van der Waals surface area contributed by atoms with E-state index in [4.69, 9.17) is 21.3 Å². The molecule has 1 heterocycles. The fourth-order valence-corrected chi connectivity index (χ4v) is 4.15. The predicted molar refractivity (Wildman–Crippen MR) is 105 cm³/mol. The van der Waals surface area contributed by atoms with Crippen LogP contribution in [0.2, 0.25) is 0 Å². The number of hydrogen-bond acceptors (Lipinski definition) is 5. The lowest BCUT2D eigenvalue weighted by molar-refractivity contribution is -0.125. The van der Waals surface area contributed by atoms with Gasteiger partial charge in [-0.2, -0.15) is 4.42 Å². The molecule has 1 aliphatic heterocycles. The monoisotopic (exact) mass is 409 g/mol. The average Bonchev–Trinajstić information content (AvgIpc) is 3.46. The number of ether oxygens (including phenoxy) is 2. The Morgan fingerprint density at radius 1 is 1.29 bits per heavy atom. The van der Waals surface area contributed by atoms with E-state index in [9.17, 15) is 14.7 Å². The molecular formula is C21H28ClNO5. The number of amides is 2. The normalized spacial score (nSPS) is 28.8. The molecule has 154 valence electrons. The van der Waals surface area contributed by atoms with E-state index in [1.165, 1.54) is 12.5 Å². The van der Waals surface area contributed by atoms with E-state index in [0.717, 1.165) is 25.7 Å².